The van der Waals surface area contributed by atoms with Crippen molar-refractivity contribution >= 4 is 44.9 Å². The number of thioether (sulfide) groups is 1. The molecule has 1 fully saturated rings. The fourth-order valence-electron chi connectivity index (χ4n) is 2.71. The highest BCUT2D eigenvalue weighted by molar-refractivity contribution is 9.10. The summed E-state index contributed by atoms with van der Waals surface area (Å²) in [5, 5.41) is 8.81. The molecule has 150 valence electrons. The molecule has 0 atom stereocenters. The van der Waals surface area contributed by atoms with Gasteiger partial charge < -0.3 is 9.47 Å². The van der Waals surface area contributed by atoms with Gasteiger partial charge in [-0.3, -0.25) is 14.5 Å². The quantitative estimate of drug-likeness (QED) is 0.442. The van der Waals surface area contributed by atoms with Gasteiger partial charge in [-0.1, -0.05) is 40.0 Å². The minimum absolute atomic E-state index is 0.0660. The van der Waals surface area contributed by atoms with Crippen LogP contribution in [0.5, 0.6) is 11.5 Å². The smallest absolute Gasteiger partial charge is 0.294 e. The van der Waals surface area contributed by atoms with Crippen molar-refractivity contribution in [1.82, 2.24) is 4.90 Å². The van der Waals surface area contributed by atoms with Crippen LogP contribution in [0.1, 0.15) is 16.7 Å². The summed E-state index contributed by atoms with van der Waals surface area (Å²) in [6.45, 7) is 0.125. The molecule has 0 N–H and O–H groups in total. The van der Waals surface area contributed by atoms with E-state index in [2.05, 4.69) is 27.9 Å². The zero-order valence-electron chi connectivity index (χ0n) is 15.8. The number of terminal acetylenes is 1. The molecule has 6 nitrogen and oxygen atoms in total. The highest BCUT2D eigenvalue weighted by atomic mass is 79.9. The molecule has 0 unspecified atom stereocenters. The number of carbonyl (C=O) groups is 2. The molecule has 0 bridgehead atoms. The second-order valence-corrected chi connectivity index (χ2v) is 7.90. The predicted octanol–water partition coefficient (Wildman–Crippen LogP) is 4.58. The summed E-state index contributed by atoms with van der Waals surface area (Å²) in [5.41, 5.74) is 1.93. The van der Waals surface area contributed by atoms with E-state index in [-0.39, 0.29) is 18.1 Å². The molecule has 1 aliphatic rings. The van der Waals surface area contributed by atoms with E-state index in [0.29, 0.717) is 27.1 Å². The van der Waals surface area contributed by atoms with Crippen LogP contribution in [0, 0.1) is 23.7 Å². The summed E-state index contributed by atoms with van der Waals surface area (Å²) in [5.74, 6) is 2.79. The SMILES string of the molecule is C#CCN1C(=O)S/C(=C\c2cc(OC)c(OCc3ccccc3C#N)cc2Br)C1=O. The maximum Gasteiger partial charge on any atom is 0.294 e. The van der Waals surface area contributed by atoms with Crippen LogP contribution in [-0.4, -0.2) is 29.7 Å². The van der Waals surface area contributed by atoms with Gasteiger partial charge in [0.15, 0.2) is 11.5 Å². The summed E-state index contributed by atoms with van der Waals surface area (Å²) in [4.78, 5) is 25.6. The van der Waals surface area contributed by atoms with E-state index in [1.165, 1.54) is 7.11 Å². The Morgan fingerprint density at radius 2 is 2.03 bits per heavy atom. The normalized spacial score (nSPS) is 14.5. The Morgan fingerprint density at radius 3 is 2.73 bits per heavy atom. The molecule has 30 heavy (non-hydrogen) atoms. The van der Waals surface area contributed by atoms with E-state index in [0.717, 1.165) is 22.2 Å². The predicted molar refractivity (Wildman–Crippen MR) is 118 cm³/mol. The molecule has 2 aromatic rings. The molecule has 1 aliphatic heterocycles. The first-order chi connectivity index (χ1) is 14.5. The first kappa shape index (κ1) is 21.5. The van der Waals surface area contributed by atoms with Crippen LogP contribution in [0.2, 0.25) is 0 Å². The molecule has 2 amide bonds. The summed E-state index contributed by atoms with van der Waals surface area (Å²) in [7, 11) is 1.50. The Kier molecular flexibility index (Phi) is 6.83. The topological polar surface area (TPSA) is 79.6 Å². The number of methoxy groups -OCH3 is 1. The maximum atomic E-state index is 12.4. The highest BCUT2D eigenvalue weighted by Gasteiger charge is 2.34. The number of hydrogen-bond acceptors (Lipinski definition) is 6. The molecule has 0 aliphatic carbocycles. The standard InChI is InChI=1S/C22H15BrN2O4S/c1-3-8-25-21(26)20(30-22(25)27)10-16-9-18(28-2)19(11-17(16)23)29-13-15-7-5-4-6-14(15)12-24/h1,4-7,9-11H,8,13H2,2H3/b20-10-. The molecule has 0 aromatic heterocycles. The van der Waals surface area contributed by atoms with Crippen molar-refractivity contribution in [3.8, 4) is 29.9 Å². The molecule has 0 radical (unpaired) electrons. The lowest BCUT2D eigenvalue weighted by Crippen LogP contribution is -2.28. The minimum Gasteiger partial charge on any atom is -0.493 e. The van der Waals surface area contributed by atoms with Crippen LogP contribution in [0.15, 0.2) is 45.8 Å². The van der Waals surface area contributed by atoms with Crippen molar-refractivity contribution in [2.24, 2.45) is 0 Å². The van der Waals surface area contributed by atoms with E-state index in [1.807, 2.05) is 12.1 Å². The van der Waals surface area contributed by atoms with Gasteiger partial charge >= 0.3 is 0 Å². The minimum atomic E-state index is -0.428. The van der Waals surface area contributed by atoms with Gasteiger partial charge in [0.25, 0.3) is 11.1 Å². The number of ether oxygens (including phenoxy) is 2. The van der Waals surface area contributed by atoms with Crippen molar-refractivity contribution in [2.75, 3.05) is 13.7 Å². The van der Waals surface area contributed by atoms with Crippen LogP contribution in [0.3, 0.4) is 0 Å². The van der Waals surface area contributed by atoms with Crippen molar-refractivity contribution in [2.45, 2.75) is 6.61 Å². The number of amides is 2. The number of carbonyl (C=O) groups excluding carboxylic acids is 2. The third-order valence-electron chi connectivity index (χ3n) is 4.21. The first-order valence-corrected chi connectivity index (χ1v) is 10.3. The third kappa shape index (κ3) is 4.51. The van der Waals surface area contributed by atoms with E-state index >= 15 is 0 Å². The number of nitriles is 1. The first-order valence-electron chi connectivity index (χ1n) is 8.65. The Balaban J connectivity index is 1.86. The number of benzene rings is 2. The summed E-state index contributed by atoms with van der Waals surface area (Å²) >= 11 is 4.30. The van der Waals surface area contributed by atoms with Crippen LogP contribution < -0.4 is 9.47 Å². The Labute approximate surface area is 186 Å². The monoisotopic (exact) mass is 482 g/mol. The van der Waals surface area contributed by atoms with Gasteiger partial charge in [0, 0.05) is 10.0 Å². The van der Waals surface area contributed by atoms with Gasteiger partial charge in [0.05, 0.1) is 30.2 Å². The Hall–Kier alpha value is -3.20. The van der Waals surface area contributed by atoms with Crippen molar-refractivity contribution in [3.63, 3.8) is 0 Å². The van der Waals surface area contributed by atoms with E-state index in [9.17, 15) is 14.9 Å². The summed E-state index contributed by atoms with van der Waals surface area (Å²) in [6.07, 6.45) is 6.82. The zero-order chi connectivity index (χ0) is 21.7. The largest absolute Gasteiger partial charge is 0.493 e. The average molecular weight is 483 g/mol. The average Bonchev–Trinajstić information content (AvgIpc) is 3.01. The molecule has 3 rings (SSSR count). The molecule has 8 heteroatoms. The van der Waals surface area contributed by atoms with Gasteiger partial charge in [0.1, 0.15) is 6.61 Å². The van der Waals surface area contributed by atoms with Gasteiger partial charge in [0.2, 0.25) is 0 Å². The molecule has 0 spiro atoms. The van der Waals surface area contributed by atoms with Crippen LogP contribution in [-0.2, 0) is 11.4 Å². The van der Waals surface area contributed by atoms with Crippen LogP contribution >= 0.6 is 27.7 Å². The molecule has 0 saturated carbocycles. The van der Waals surface area contributed by atoms with E-state index < -0.39 is 11.1 Å². The number of halogens is 1. The van der Waals surface area contributed by atoms with Gasteiger partial charge in [-0.15, -0.1) is 6.42 Å². The van der Waals surface area contributed by atoms with Crippen molar-refractivity contribution in [3.05, 3.63) is 62.5 Å². The van der Waals surface area contributed by atoms with Crippen LogP contribution in [0.4, 0.5) is 4.79 Å². The Morgan fingerprint density at radius 1 is 1.27 bits per heavy atom. The maximum absolute atomic E-state index is 12.4. The lowest BCUT2D eigenvalue weighted by molar-refractivity contribution is -0.122. The van der Waals surface area contributed by atoms with Crippen LogP contribution in [0.25, 0.3) is 6.08 Å². The second kappa shape index (κ2) is 9.53. The van der Waals surface area contributed by atoms with Gasteiger partial charge in [-0.25, -0.2) is 0 Å². The second-order valence-electron chi connectivity index (χ2n) is 6.05. The van der Waals surface area contributed by atoms with E-state index in [4.69, 9.17) is 15.9 Å². The Bertz CT molecular complexity index is 1130. The van der Waals surface area contributed by atoms with Gasteiger partial charge in [-0.05, 0) is 41.6 Å². The number of nitrogens with zero attached hydrogens (tertiary/aromatic N) is 2. The van der Waals surface area contributed by atoms with Crippen molar-refractivity contribution in [1.29, 1.82) is 5.26 Å². The highest BCUT2D eigenvalue weighted by Crippen LogP contribution is 2.38. The number of imide groups is 1. The summed E-state index contributed by atoms with van der Waals surface area (Å²) in [6, 6.07) is 12.7. The number of rotatable bonds is 6. The number of hydrogen-bond donors (Lipinski definition) is 0. The van der Waals surface area contributed by atoms with Crippen molar-refractivity contribution < 1.29 is 19.1 Å². The van der Waals surface area contributed by atoms with E-state index in [1.54, 1.807) is 30.3 Å². The lowest BCUT2D eigenvalue weighted by atomic mass is 10.1. The molecular weight excluding hydrogens is 468 g/mol. The third-order valence-corrected chi connectivity index (χ3v) is 5.81. The molecular formula is C22H15BrN2O4S. The molecule has 2 aromatic carbocycles. The fraction of sp³-hybridized carbons (Fsp3) is 0.136. The molecule has 1 heterocycles. The summed E-state index contributed by atoms with van der Waals surface area (Å²) < 4.78 is 11.9. The zero-order valence-corrected chi connectivity index (χ0v) is 18.2. The molecule has 1 saturated heterocycles. The lowest BCUT2D eigenvalue weighted by Gasteiger charge is -2.13. The fourth-order valence-corrected chi connectivity index (χ4v) is 3.98. The van der Waals surface area contributed by atoms with Gasteiger partial charge in [-0.2, -0.15) is 5.26 Å².